The molecule has 6 heteroatoms. The molecule has 0 atom stereocenters. The van der Waals surface area contributed by atoms with Crippen LogP contribution in [-0.4, -0.2) is 35.9 Å². The lowest BCUT2D eigenvalue weighted by molar-refractivity contribution is 0.0322. The zero-order chi connectivity index (χ0) is 14.5. The van der Waals surface area contributed by atoms with Crippen molar-refractivity contribution in [1.82, 2.24) is 15.5 Å². The molecular formula is C15H18BrN3O2. The molecule has 0 amide bonds. The number of halogens is 1. The van der Waals surface area contributed by atoms with Crippen molar-refractivity contribution in [2.75, 3.05) is 19.7 Å². The van der Waals surface area contributed by atoms with Crippen molar-refractivity contribution in [1.29, 1.82) is 0 Å². The van der Waals surface area contributed by atoms with E-state index in [1.54, 1.807) is 0 Å². The van der Waals surface area contributed by atoms with Crippen LogP contribution in [0.4, 0.5) is 0 Å². The summed E-state index contributed by atoms with van der Waals surface area (Å²) in [7, 11) is 0. The van der Waals surface area contributed by atoms with Gasteiger partial charge in [0.2, 0.25) is 11.7 Å². The van der Waals surface area contributed by atoms with E-state index >= 15 is 0 Å². The van der Waals surface area contributed by atoms with Crippen LogP contribution in [0.15, 0.2) is 33.3 Å². The fourth-order valence-corrected chi connectivity index (χ4v) is 2.61. The van der Waals surface area contributed by atoms with Gasteiger partial charge in [0.25, 0.3) is 0 Å². The van der Waals surface area contributed by atoms with Crippen molar-refractivity contribution >= 4 is 15.9 Å². The Labute approximate surface area is 132 Å². The molecular weight excluding hydrogens is 334 g/mol. The van der Waals surface area contributed by atoms with Gasteiger partial charge in [0.05, 0.1) is 19.1 Å². The predicted octanol–water partition coefficient (Wildman–Crippen LogP) is 2.81. The number of hydrogen-bond acceptors (Lipinski definition) is 5. The third kappa shape index (κ3) is 4.12. The molecule has 0 aliphatic carbocycles. The van der Waals surface area contributed by atoms with Crippen molar-refractivity contribution < 1.29 is 9.26 Å². The van der Waals surface area contributed by atoms with Crippen molar-refractivity contribution in [2.45, 2.75) is 25.4 Å². The quantitative estimate of drug-likeness (QED) is 0.897. The molecule has 0 radical (unpaired) electrons. The Bertz CT molecular complexity index is 565. The zero-order valence-corrected chi connectivity index (χ0v) is 13.3. The van der Waals surface area contributed by atoms with Gasteiger partial charge in [0, 0.05) is 10.0 Å². The number of rotatable bonds is 5. The summed E-state index contributed by atoms with van der Waals surface area (Å²) in [6.45, 7) is 2.71. The smallest absolute Gasteiger partial charge is 0.229 e. The van der Waals surface area contributed by atoms with E-state index in [4.69, 9.17) is 9.26 Å². The van der Waals surface area contributed by atoms with Crippen molar-refractivity contribution in [3.63, 3.8) is 0 Å². The van der Waals surface area contributed by atoms with Gasteiger partial charge >= 0.3 is 0 Å². The maximum Gasteiger partial charge on any atom is 0.229 e. The fourth-order valence-electron chi connectivity index (χ4n) is 2.35. The lowest BCUT2D eigenvalue weighted by Gasteiger charge is -2.22. The van der Waals surface area contributed by atoms with Crippen LogP contribution in [0.25, 0.3) is 11.4 Å². The lowest BCUT2D eigenvalue weighted by Crippen LogP contribution is -2.32. The average molecular weight is 352 g/mol. The van der Waals surface area contributed by atoms with E-state index in [1.807, 2.05) is 24.3 Å². The Hall–Kier alpha value is -1.24. The molecule has 0 spiro atoms. The van der Waals surface area contributed by atoms with Gasteiger partial charge in [0.1, 0.15) is 0 Å². The Kier molecular flexibility index (Phi) is 5.00. The number of nitrogens with one attached hydrogen (secondary N) is 1. The highest BCUT2D eigenvalue weighted by Gasteiger charge is 2.14. The van der Waals surface area contributed by atoms with E-state index in [0.29, 0.717) is 30.8 Å². The zero-order valence-electron chi connectivity index (χ0n) is 11.7. The summed E-state index contributed by atoms with van der Waals surface area (Å²) in [5.74, 6) is 1.25. The maximum atomic E-state index is 5.84. The second-order valence-electron chi connectivity index (χ2n) is 5.09. The molecule has 1 aromatic carbocycles. The molecule has 21 heavy (non-hydrogen) atoms. The minimum Gasteiger partial charge on any atom is -0.378 e. The number of piperidine rings is 1. The van der Waals surface area contributed by atoms with Gasteiger partial charge in [0.15, 0.2) is 0 Å². The molecule has 5 nitrogen and oxygen atoms in total. The Balaban J connectivity index is 1.51. The topological polar surface area (TPSA) is 60.2 Å². The minimum absolute atomic E-state index is 0.361. The second-order valence-corrected chi connectivity index (χ2v) is 6.00. The van der Waals surface area contributed by atoms with E-state index in [9.17, 15) is 0 Å². The van der Waals surface area contributed by atoms with Crippen LogP contribution in [0.2, 0.25) is 0 Å². The van der Waals surface area contributed by atoms with E-state index in [2.05, 4.69) is 31.4 Å². The largest absolute Gasteiger partial charge is 0.378 e. The number of hydrogen-bond donors (Lipinski definition) is 1. The summed E-state index contributed by atoms with van der Waals surface area (Å²) < 4.78 is 12.1. The summed E-state index contributed by atoms with van der Waals surface area (Å²) in [5, 5.41) is 7.34. The molecule has 112 valence electrons. The lowest BCUT2D eigenvalue weighted by atomic mass is 10.1. The van der Waals surface area contributed by atoms with Crippen LogP contribution in [0, 0.1) is 0 Å². The molecule has 3 rings (SSSR count). The summed E-state index contributed by atoms with van der Waals surface area (Å²) in [4.78, 5) is 4.41. The van der Waals surface area contributed by atoms with Gasteiger partial charge in [-0.05, 0) is 50.2 Å². The molecule has 1 fully saturated rings. The summed E-state index contributed by atoms with van der Waals surface area (Å²) >= 11 is 3.41. The van der Waals surface area contributed by atoms with Gasteiger partial charge in [-0.1, -0.05) is 21.1 Å². The normalized spacial score (nSPS) is 16.2. The number of nitrogens with zero attached hydrogens (tertiary/aromatic N) is 2. The monoisotopic (exact) mass is 351 g/mol. The summed E-state index contributed by atoms with van der Waals surface area (Å²) in [5.41, 5.74) is 0.951. The van der Waals surface area contributed by atoms with Crippen molar-refractivity contribution in [2.24, 2.45) is 0 Å². The van der Waals surface area contributed by atoms with Gasteiger partial charge < -0.3 is 14.6 Å². The molecule has 1 aromatic heterocycles. The highest BCUT2D eigenvalue weighted by atomic mass is 79.9. The van der Waals surface area contributed by atoms with Gasteiger partial charge in [-0.15, -0.1) is 0 Å². The van der Waals surface area contributed by atoms with Crippen LogP contribution in [-0.2, 0) is 11.2 Å². The summed E-state index contributed by atoms with van der Waals surface area (Å²) in [6, 6.07) is 7.85. The van der Waals surface area contributed by atoms with Crippen LogP contribution >= 0.6 is 15.9 Å². The highest BCUT2D eigenvalue weighted by molar-refractivity contribution is 9.10. The first-order valence-electron chi connectivity index (χ1n) is 7.22. The van der Waals surface area contributed by atoms with Crippen LogP contribution < -0.4 is 5.32 Å². The van der Waals surface area contributed by atoms with Gasteiger partial charge in [-0.2, -0.15) is 4.98 Å². The van der Waals surface area contributed by atoms with Crippen molar-refractivity contribution in [3.05, 3.63) is 34.6 Å². The Morgan fingerprint density at radius 2 is 2.00 bits per heavy atom. The molecule has 2 heterocycles. The Morgan fingerprint density at radius 3 is 2.76 bits per heavy atom. The van der Waals surface area contributed by atoms with E-state index < -0.39 is 0 Å². The first-order chi connectivity index (χ1) is 10.3. The Morgan fingerprint density at radius 1 is 1.24 bits per heavy atom. The molecule has 0 saturated carbocycles. The standard InChI is InChI=1S/C15H18BrN3O2/c16-12-3-1-11(2-4-12)15-18-14(21-19-15)7-10-20-13-5-8-17-9-6-13/h1-4,13,17H,5-10H2. The molecule has 2 aromatic rings. The number of benzene rings is 1. The van der Waals surface area contributed by atoms with Crippen LogP contribution in [0.1, 0.15) is 18.7 Å². The van der Waals surface area contributed by atoms with Crippen LogP contribution in [0.3, 0.4) is 0 Å². The number of ether oxygens (including phenoxy) is 1. The predicted molar refractivity (Wildman–Crippen MR) is 83.0 cm³/mol. The van der Waals surface area contributed by atoms with Gasteiger partial charge in [-0.3, -0.25) is 0 Å². The average Bonchev–Trinajstić information content (AvgIpc) is 2.98. The highest BCUT2D eigenvalue weighted by Crippen LogP contribution is 2.19. The summed E-state index contributed by atoms with van der Waals surface area (Å²) in [6.07, 6.45) is 3.18. The van der Waals surface area contributed by atoms with Crippen LogP contribution in [0.5, 0.6) is 0 Å². The first kappa shape index (κ1) is 14.7. The SMILES string of the molecule is Brc1ccc(-c2noc(CCOC3CCNCC3)n2)cc1. The van der Waals surface area contributed by atoms with Gasteiger partial charge in [-0.25, -0.2) is 0 Å². The third-order valence-corrected chi connectivity index (χ3v) is 4.05. The third-order valence-electron chi connectivity index (χ3n) is 3.53. The van der Waals surface area contributed by atoms with E-state index in [0.717, 1.165) is 36.0 Å². The molecule has 0 unspecified atom stereocenters. The molecule has 1 N–H and O–H groups in total. The fraction of sp³-hybridized carbons (Fsp3) is 0.467. The van der Waals surface area contributed by atoms with E-state index in [-0.39, 0.29) is 0 Å². The maximum absolute atomic E-state index is 5.84. The minimum atomic E-state index is 0.361. The number of aromatic nitrogens is 2. The molecule has 1 aliphatic rings. The molecule has 0 bridgehead atoms. The van der Waals surface area contributed by atoms with E-state index in [1.165, 1.54) is 0 Å². The second kappa shape index (κ2) is 7.15. The molecule has 1 saturated heterocycles. The molecule has 1 aliphatic heterocycles. The van der Waals surface area contributed by atoms with Crippen molar-refractivity contribution in [3.8, 4) is 11.4 Å². The first-order valence-corrected chi connectivity index (χ1v) is 8.01.